The molecule has 0 spiro atoms. The van der Waals surface area contributed by atoms with Crippen molar-refractivity contribution in [1.82, 2.24) is 4.72 Å². The van der Waals surface area contributed by atoms with E-state index in [9.17, 15) is 13.2 Å². The Morgan fingerprint density at radius 1 is 1.60 bits per heavy atom. The Bertz CT molecular complexity index is 290. The maximum atomic E-state index is 11.2. The molecule has 8 heteroatoms. The number of carbonyl (C=O) groups is 1. The number of nitrogens with two attached hydrogens (primary N) is 1. The molecule has 7 nitrogen and oxygen atoms in total. The van der Waals surface area contributed by atoms with Crippen LogP contribution in [-0.4, -0.2) is 51.5 Å². The summed E-state index contributed by atoms with van der Waals surface area (Å²) in [5.41, 5.74) is 5.16. The third-order valence-corrected chi connectivity index (χ3v) is 3.06. The van der Waals surface area contributed by atoms with E-state index in [-0.39, 0.29) is 25.3 Å². The molecule has 0 aliphatic heterocycles. The van der Waals surface area contributed by atoms with Crippen LogP contribution in [0.1, 0.15) is 6.42 Å². The van der Waals surface area contributed by atoms with E-state index in [4.69, 9.17) is 10.8 Å². The summed E-state index contributed by atoms with van der Waals surface area (Å²) in [4.78, 5) is 10.3. The number of methoxy groups -OCH3 is 1. The lowest BCUT2D eigenvalue weighted by atomic mass is 10.2. The molecule has 4 N–H and O–H groups in total. The average molecular weight is 240 g/mol. The molecule has 0 radical (unpaired) electrons. The highest BCUT2D eigenvalue weighted by Crippen LogP contribution is 1.94. The van der Waals surface area contributed by atoms with Gasteiger partial charge in [0, 0.05) is 13.7 Å². The number of ether oxygens (including phenoxy) is 1. The van der Waals surface area contributed by atoms with Gasteiger partial charge in [0.05, 0.1) is 12.4 Å². The molecule has 0 aromatic carbocycles. The Hall–Kier alpha value is -0.700. The summed E-state index contributed by atoms with van der Waals surface area (Å²) in [5, 5.41) is 8.43. The van der Waals surface area contributed by atoms with Crippen LogP contribution in [-0.2, 0) is 19.6 Å². The smallest absolute Gasteiger partial charge is 0.320 e. The van der Waals surface area contributed by atoms with E-state index in [0.717, 1.165) is 0 Å². The predicted molar refractivity (Wildman–Crippen MR) is 53.9 cm³/mol. The molecule has 0 aliphatic rings. The highest BCUT2D eigenvalue weighted by molar-refractivity contribution is 7.89. The van der Waals surface area contributed by atoms with Crippen LogP contribution in [0.25, 0.3) is 0 Å². The number of nitrogens with one attached hydrogen (secondary N) is 1. The van der Waals surface area contributed by atoms with Crippen molar-refractivity contribution in [2.24, 2.45) is 5.73 Å². The van der Waals surface area contributed by atoms with Crippen molar-refractivity contribution >= 4 is 16.0 Å². The summed E-state index contributed by atoms with van der Waals surface area (Å²) >= 11 is 0. The van der Waals surface area contributed by atoms with Crippen LogP contribution in [0, 0.1) is 0 Å². The van der Waals surface area contributed by atoms with Crippen molar-refractivity contribution in [1.29, 1.82) is 0 Å². The van der Waals surface area contributed by atoms with Crippen molar-refractivity contribution < 1.29 is 23.1 Å². The lowest BCUT2D eigenvalue weighted by Crippen LogP contribution is -2.36. The maximum absolute atomic E-state index is 11.2. The lowest BCUT2D eigenvalue weighted by Gasteiger charge is -2.08. The number of rotatable bonds is 8. The minimum absolute atomic E-state index is 0.113. The van der Waals surface area contributed by atoms with Crippen LogP contribution in [0.4, 0.5) is 0 Å². The number of aliphatic carboxylic acids is 1. The summed E-state index contributed by atoms with van der Waals surface area (Å²) in [5.74, 6) is -1.51. The predicted octanol–water partition coefficient (Wildman–Crippen LogP) is -1.65. The van der Waals surface area contributed by atoms with Gasteiger partial charge >= 0.3 is 5.97 Å². The van der Waals surface area contributed by atoms with Gasteiger partial charge in [-0.15, -0.1) is 0 Å². The van der Waals surface area contributed by atoms with Gasteiger partial charge in [-0.25, -0.2) is 13.1 Å². The molecule has 1 atom stereocenters. The molecule has 1 unspecified atom stereocenters. The van der Waals surface area contributed by atoms with Crippen molar-refractivity contribution in [3.05, 3.63) is 0 Å². The molecular weight excluding hydrogens is 224 g/mol. The molecule has 0 heterocycles. The van der Waals surface area contributed by atoms with Crippen LogP contribution in [0.3, 0.4) is 0 Å². The summed E-state index contributed by atoms with van der Waals surface area (Å²) in [6.07, 6.45) is -0.113. The normalized spacial score (nSPS) is 13.7. The number of sulfonamides is 1. The maximum Gasteiger partial charge on any atom is 0.320 e. The van der Waals surface area contributed by atoms with E-state index in [0.29, 0.717) is 0 Å². The van der Waals surface area contributed by atoms with Crippen LogP contribution in [0.2, 0.25) is 0 Å². The van der Waals surface area contributed by atoms with Gasteiger partial charge in [-0.05, 0) is 6.42 Å². The Morgan fingerprint density at radius 2 is 2.20 bits per heavy atom. The number of carboxylic acids is 1. The number of carboxylic acid groups (broad SMARTS) is 1. The van der Waals surface area contributed by atoms with Crippen molar-refractivity contribution in [3.8, 4) is 0 Å². The molecular formula is C7H16N2O5S. The molecule has 0 rings (SSSR count). The molecule has 0 saturated carbocycles. The fourth-order valence-corrected chi connectivity index (χ4v) is 1.88. The first kappa shape index (κ1) is 14.3. The van der Waals surface area contributed by atoms with E-state index in [1.807, 2.05) is 0 Å². The number of hydrogen-bond acceptors (Lipinski definition) is 5. The first-order chi connectivity index (χ1) is 6.89. The fraction of sp³-hybridized carbons (Fsp3) is 0.857. The first-order valence-corrected chi connectivity index (χ1v) is 5.99. The second-order valence-corrected chi connectivity index (χ2v) is 4.87. The largest absolute Gasteiger partial charge is 0.480 e. The minimum atomic E-state index is -3.46. The Kier molecular flexibility index (Phi) is 6.41. The monoisotopic (exact) mass is 240 g/mol. The number of hydrogen-bond donors (Lipinski definition) is 3. The third kappa shape index (κ3) is 7.25. The lowest BCUT2D eigenvalue weighted by molar-refractivity contribution is -0.138. The Balaban J connectivity index is 3.89. The van der Waals surface area contributed by atoms with Gasteiger partial charge in [-0.2, -0.15) is 0 Å². The van der Waals surface area contributed by atoms with Crippen molar-refractivity contribution in [3.63, 3.8) is 0 Å². The van der Waals surface area contributed by atoms with E-state index >= 15 is 0 Å². The van der Waals surface area contributed by atoms with E-state index < -0.39 is 22.0 Å². The zero-order chi connectivity index (χ0) is 11.9. The van der Waals surface area contributed by atoms with E-state index in [2.05, 4.69) is 9.46 Å². The second kappa shape index (κ2) is 6.72. The SMILES string of the molecule is COCCNS(=O)(=O)CCC(N)C(=O)O. The molecule has 0 amide bonds. The van der Waals surface area contributed by atoms with Gasteiger partial charge in [0.2, 0.25) is 10.0 Å². The van der Waals surface area contributed by atoms with Crippen molar-refractivity contribution in [2.45, 2.75) is 12.5 Å². The standard InChI is InChI=1S/C7H16N2O5S/c1-14-4-3-9-15(12,13)5-2-6(8)7(10)11/h6,9H,2-5,8H2,1H3,(H,10,11). The first-order valence-electron chi connectivity index (χ1n) is 4.33. The third-order valence-electron chi connectivity index (χ3n) is 1.64. The quantitative estimate of drug-likeness (QED) is 0.438. The van der Waals surface area contributed by atoms with Crippen LogP contribution in [0.15, 0.2) is 0 Å². The van der Waals surface area contributed by atoms with Gasteiger partial charge < -0.3 is 15.6 Å². The molecule has 0 saturated heterocycles. The molecule has 0 aromatic heterocycles. The van der Waals surface area contributed by atoms with E-state index in [1.165, 1.54) is 7.11 Å². The summed E-state index contributed by atoms with van der Waals surface area (Å²) in [6.45, 7) is 0.436. The van der Waals surface area contributed by atoms with Gasteiger partial charge in [0.1, 0.15) is 6.04 Å². The minimum Gasteiger partial charge on any atom is -0.480 e. The molecule has 90 valence electrons. The molecule has 0 aromatic rings. The van der Waals surface area contributed by atoms with Gasteiger partial charge in [0.25, 0.3) is 0 Å². The van der Waals surface area contributed by atoms with Gasteiger partial charge in [-0.1, -0.05) is 0 Å². The molecule has 15 heavy (non-hydrogen) atoms. The van der Waals surface area contributed by atoms with Gasteiger partial charge in [0.15, 0.2) is 0 Å². The van der Waals surface area contributed by atoms with Crippen LogP contribution in [0.5, 0.6) is 0 Å². The molecule has 0 fully saturated rings. The van der Waals surface area contributed by atoms with Gasteiger partial charge in [-0.3, -0.25) is 4.79 Å². The summed E-state index contributed by atoms with van der Waals surface area (Å²) in [7, 11) is -2.00. The highest BCUT2D eigenvalue weighted by Gasteiger charge is 2.16. The average Bonchev–Trinajstić information content (AvgIpc) is 2.14. The topological polar surface area (TPSA) is 119 Å². The van der Waals surface area contributed by atoms with Crippen molar-refractivity contribution in [2.75, 3.05) is 26.0 Å². The van der Waals surface area contributed by atoms with E-state index in [1.54, 1.807) is 0 Å². The fourth-order valence-electron chi connectivity index (χ4n) is 0.777. The Morgan fingerprint density at radius 3 is 2.67 bits per heavy atom. The summed E-state index contributed by atoms with van der Waals surface area (Å²) in [6, 6.07) is -1.15. The summed E-state index contributed by atoms with van der Waals surface area (Å²) < 4.78 is 29.3. The zero-order valence-corrected chi connectivity index (χ0v) is 9.29. The second-order valence-electron chi connectivity index (χ2n) is 2.94. The molecule has 0 aliphatic carbocycles. The van der Waals surface area contributed by atoms with Crippen LogP contribution < -0.4 is 10.5 Å². The molecule has 0 bridgehead atoms. The Labute approximate surface area is 88.6 Å². The van der Waals surface area contributed by atoms with Crippen LogP contribution >= 0.6 is 0 Å². The highest BCUT2D eigenvalue weighted by atomic mass is 32.2. The zero-order valence-electron chi connectivity index (χ0n) is 8.47.